The van der Waals surface area contributed by atoms with E-state index in [9.17, 15) is 4.39 Å². The lowest BCUT2D eigenvalue weighted by molar-refractivity contribution is 0.628. The number of thiazole rings is 1. The molecule has 1 aromatic heterocycles. The van der Waals surface area contributed by atoms with Crippen LogP contribution in [0.5, 0.6) is 0 Å². The third kappa shape index (κ3) is 2.88. The molecule has 0 aliphatic heterocycles. The molecule has 0 fully saturated rings. The van der Waals surface area contributed by atoms with Crippen LogP contribution in [0.1, 0.15) is 17.5 Å². The van der Waals surface area contributed by atoms with Crippen LogP contribution in [-0.2, 0) is 6.54 Å². The lowest BCUT2D eigenvalue weighted by Gasteiger charge is -1.99. The van der Waals surface area contributed by atoms with Gasteiger partial charge < -0.3 is 5.32 Å². The number of aromatic nitrogens is 1. The second-order valence-electron chi connectivity index (χ2n) is 3.93. The van der Waals surface area contributed by atoms with E-state index in [1.165, 1.54) is 17.0 Å². The molecule has 0 saturated carbocycles. The van der Waals surface area contributed by atoms with Crippen molar-refractivity contribution in [3.63, 3.8) is 0 Å². The average molecular weight is 285 g/mol. The minimum atomic E-state index is -0.329. The lowest BCUT2D eigenvalue weighted by Crippen LogP contribution is -2.11. The summed E-state index contributed by atoms with van der Waals surface area (Å²) in [4.78, 5) is 5.68. The fourth-order valence-corrected chi connectivity index (χ4v) is 2.99. The van der Waals surface area contributed by atoms with E-state index in [0.717, 1.165) is 29.4 Å². The van der Waals surface area contributed by atoms with Crippen LogP contribution in [0.15, 0.2) is 18.2 Å². The van der Waals surface area contributed by atoms with E-state index in [1.54, 1.807) is 17.4 Å². The van der Waals surface area contributed by atoms with Gasteiger partial charge in [0, 0.05) is 17.0 Å². The number of nitrogens with one attached hydrogen (secondary N) is 1. The van der Waals surface area contributed by atoms with Crippen molar-refractivity contribution in [3.05, 3.63) is 39.6 Å². The first-order chi connectivity index (χ1) is 8.61. The maximum atomic E-state index is 13.0. The van der Waals surface area contributed by atoms with Crippen LogP contribution in [0.3, 0.4) is 0 Å². The second kappa shape index (κ2) is 5.78. The molecule has 0 saturated heterocycles. The maximum absolute atomic E-state index is 13.0. The van der Waals surface area contributed by atoms with Gasteiger partial charge in [-0.3, -0.25) is 0 Å². The van der Waals surface area contributed by atoms with E-state index in [1.807, 2.05) is 6.92 Å². The summed E-state index contributed by atoms with van der Waals surface area (Å²) < 4.78 is 13.0. The maximum Gasteiger partial charge on any atom is 0.125 e. The molecular formula is C13H14ClFN2S. The fourth-order valence-electron chi connectivity index (χ4n) is 1.61. The molecule has 18 heavy (non-hydrogen) atoms. The molecule has 0 aliphatic carbocycles. The second-order valence-corrected chi connectivity index (χ2v) is 5.42. The molecule has 2 aromatic rings. The number of benzene rings is 1. The Kier molecular flexibility index (Phi) is 4.32. The van der Waals surface area contributed by atoms with Crippen LogP contribution in [-0.4, -0.2) is 11.5 Å². The first-order valence-corrected chi connectivity index (χ1v) is 6.93. The van der Waals surface area contributed by atoms with E-state index in [2.05, 4.69) is 17.2 Å². The third-order valence-electron chi connectivity index (χ3n) is 2.59. The van der Waals surface area contributed by atoms with Crippen LogP contribution in [0.2, 0.25) is 5.02 Å². The van der Waals surface area contributed by atoms with Gasteiger partial charge in [-0.25, -0.2) is 9.37 Å². The summed E-state index contributed by atoms with van der Waals surface area (Å²) in [7, 11) is 0. The van der Waals surface area contributed by atoms with E-state index in [4.69, 9.17) is 11.6 Å². The van der Waals surface area contributed by atoms with Crippen molar-refractivity contribution >= 4 is 22.9 Å². The highest BCUT2D eigenvalue weighted by Gasteiger charge is 2.12. The summed E-state index contributed by atoms with van der Waals surface area (Å²) >= 11 is 7.63. The predicted octanol–water partition coefficient (Wildman–Crippen LogP) is 4.02. The minimum Gasteiger partial charge on any atom is -0.312 e. The van der Waals surface area contributed by atoms with Gasteiger partial charge in [0.15, 0.2) is 0 Å². The zero-order valence-electron chi connectivity index (χ0n) is 10.3. The van der Waals surface area contributed by atoms with Crippen molar-refractivity contribution in [2.45, 2.75) is 20.4 Å². The molecule has 0 radical (unpaired) electrons. The molecule has 0 bridgehead atoms. The zero-order chi connectivity index (χ0) is 13.1. The van der Waals surface area contributed by atoms with Gasteiger partial charge in [-0.2, -0.15) is 0 Å². The number of hydrogen-bond donors (Lipinski definition) is 1. The molecule has 2 nitrogen and oxygen atoms in total. The largest absolute Gasteiger partial charge is 0.312 e. The summed E-state index contributed by atoms with van der Waals surface area (Å²) in [5, 5.41) is 4.51. The van der Waals surface area contributed by atoms with Crippen LogP contribution in [0.4, 0.5) is 4.39 Å². The molecule has 0 amide bonds. The third-order valence-corrected chi connectivity index (χ3v) is 4.09. The van der Waals surface area contributed by atoms with Gasteiger partial charge in [0.2, 0.25) is 0 Å². The molecule has 1 heterocycles. The van der Waals surface area contributed by atoms with Gasteiger partial charge in [0.25, 0.3) is 0 Å². The van der Waals surface area contributed by atoms with Gasteiger partial charge in [-0.05, 0) is 31.7 Å². The summed E-state index contributed by atoms with van der Waals surface area (Å²) in [5.74, 6) is -0.329. The van der Waals surface area contributed by atoms with Gasteiger partial charge in [-0.15, -0.1) is 11.3 Å². The fraction of sp³-hybridized carbons (Fsp3) is 0.308. The van der Waals surface area contributed by atoms with E-state index in [0.29, 0.717) is 5.02 Å². The van der Waals surface area contributed by atoms with Gasteiger partial charge >= 0.3 is 0 Å². The van der Waals surface area contributed by atoms with Crippen LogP contribution >= 0.6 is 22.9 Å². The summed E-state index contributed by atoms with van der Waals surface area (Å²) in [6, 6.07) is 4.40. The van der Waals surface area contributed by atoms with Crippen LogP contribution < -0.4 is 5.32 Å². The van der Waals surface area contributed by atoms with E-state index >= 15 is 0 Å². The number of hydrogen-bond acceptors (Lipinski definition) is 3. The van der Waals surface area contributed by atoms with Crippen molar-refractivity contribution in [1.29, 1.82) is 0 Å². The number of rotatable bonds is 4. The summed E-state index contributed by atoms with van der Waals surface area (Å²) in [5.41, 5.74) is 1.78. The molecule has 0 atom stereocenters. The Hall–Kier alpha value is -0.970. The Labute approximate surface area is 115 Å². The molecule has 96 valence electrons. The first-order valence-electron chi connectivity index (χ1n) is 5.74. The van der Waals surface area contributed by atoms with Crippen molar-refractivity contribution in [2.75, 3.05) is 6.54 Å². The van der Waals surface area contributed by atoms with Crippen LogP contribution in [0, 0.1) is 12.7 Å². The Morgan fingerprint density at radius 1 is 1.44 bits per heavy atom. The lowest BCUT2D eigenvalue weighted by atomic mass is 10.2. The molecular weight excluding hydrogens is 271 g/mol. The van der Waals surface area contributed by atoms with Crippen molar-refractivity contribution in [3.8, 4) is 10.6 Å². The molecule has 0 unspecified atom stereocenters. The monoisotopic (exact) mass is 284 g/mol. The quantitative estimate of drug-likeness (QED) is 0.917. The Bertz CT molecular complexity index is 554. The van der Waals surface area contributed by atoms with Crippen molar-refractivity contribution < 1.29 is 4.39 Å². The molecule has 5 heteroatoms. The Balaban J connectivity index is 2.33. The SMILES string of the molecule is CCNCc1sc(-c2ccc(F)cc2Cl)nc1C. The molecule has 0 spiro atoms. The highest BCUT2D eigenvalue weighted by Crippen LogP contribution is 2.33. The Morgan fingerprint density at radius 2 is 2.22 bits per heavy atom. The molecule has 2 rings (SSSR count). The molecule has 1 N–H and O–H groups in total. The smallest absolute Gasteiger partial charge is 0.125 e. The molecule has 1 aromatic carbocycles. The Morgan fingerprint density at radius 3 is 2.89 bits per heavy atom. The van der Waals surface area contributed by atoms with E-state index in [-0.39, 0.29) is 5.82 Å². The van der Waals surface area contributed by atoms with Crippen molar-refractivity contribution in [1.82, 2.24) is 10.3 Å². The summed E-state index contributed by atoms with van der Waals surface area (Å²) in [6.07, 6.45) is 0. The van der Waals surface area contributed by atoms with Gasteiger partial charge in [-0.1, -0.05) is 18.5 Å². The van der Waals surface area contributed by atoms with Gasteiger partial charge in [0.1, 0.15) is 10.8 Å². The normalized spacial score (nSPS) is 10.9. The zero-order valence-corrected chi connectivity index (χ0v) is 11.8. The number of nitrogens with zero attached hydrogens (tertiary/aromatic N) is 1. The molecule has 0 aliphatic rings. The minimum absolute atomic E-state index is 0.329. The number of halogens is 2. The summed E-state index contributed by atoms with van der Waals surface area (Å²) in [6.45, 7) is 5.76. The number of aryl methyl sites for hydroxylation is 1. The highest BCUT2D eigenvalue weighted by molar-refractivity contribution is 7.15. The topological polar surface area (TPSA) is 24.9 Å². The van der Waals surface area contributed by atoms with Crippen LogP contribution in [0.25, 0.3) is 10.6 Å². The average Bonchev–Trinajstić information content (AvgIpc) is 2.68. The predicted molar refractivity (Wildman–Crippen MR) is 74.6 cm³/mol. The standard InChI is InChI=1S/C13H14ClFN2S/c1-3-16-7-12-8(2)17-13(18-12)10-5-4-9(15)6-11(10)14/h4-6,16H,3,7H2,1-2H3. The highest BCUT2D eigenvalue weighted by atomic mass is 35.5. The first kappa shape index (κ1) is 13.5. The van der Waals surface area contributed by atoms with Gasteiger partial charge in [0.05, 0.1) is 10.7 Å². The van der Waals surface area contributed by atoms with E-state index < -0.39 is 0 Å². The van der Waals surface area contributed by atoms with Crippen molar-refractivity contribution in [2.24, 2.45) is 0 Å².